The van der Waals surface area contributed by atoms with Crippen molar-refractivity contribution in [1.82, 2.24) is 0 Å². The SMILES string of the molecule is N[C@H]1CCCc2ccc(OCCCc3ccccc3)cc21. The van der Waals surface area contributed by atoms with E-state index in [1.165, 1.54) is 23.1 Å². The molecule has 2 nitrogen and oxygen atoms in total. The van der Waals surface area contributed by atoms with Gasteiger partial charge in [0.25, 0.3) is 0 Å². The van der Waals surface area contributed by atoms with Crippen molar-refractivity contribution in [3.63, 3.8) is 0 Å². The van der Waals surface area contributed by atoms with Crippen LogP contribution in [0.1, 0.15) is 42.0 Å². The van der Waals surface area contributed by atoms with E-state index in [0.717, 1.165) is 38.0 Å². The summed E-state index contributed by atoms with van der Waals surface area (Å²) in [6.45, 7) is 0.753. The molecule has 0 unspecified atom stereocenters. The lowest BCUT2D eigenvalue weighted by atomic mass is 9.88. The number of fused-ring (bicyclic) bond motifs is 1. The summed E-state index contributed by atoms with van der Waals surface area (Å²) in [5, 5.41) is 0. The largest absolute Gasteiger partial charge is 0.494 e. The Bertz CT molecular complexity index is 579. The summed E-state index contributed by atoms with van der Waals surface area (Å²) >= 11 is 0. The predicted octanol–water partition coefficient (Wildman–Crippen LogP) is 4.03. The van der Waals surface area contributed by atoms with Gasteiger partial charge >= 0.3 is 0 Å². The van der Waals surface area contributed by atoms with Gasteiger partial charge < -0.3 is 10.5 Å². The minimum atomic E-state index is 0.182. The number of rotatable bonds is 5. The van der Waals surface area contributed by atoms with E-state index in [-0.39, 0.29) is 6.04 Å². The molecule has 0 spiro atoms. The molecule has 0 fully saturated rings. The van der Waals surface area contributed by atoms with Crippen LogP contribution < -0.4 is 10.5 Å². The van der Waals surface area contributed by atoms with Crippen molar-refractivity contribution in [3.05, 3.63) is 65.2 Å². The fourth-order valence-corrected chi connectivity index (χ4v) is 3.01. The Labute approximate surface area is 126 Å². The molecule has 0 heterocycles. The maximum Gasteiger partial charge on any atom is 0.119 e. The highest BCUT2D eigenvalue weighted by molar-refractivity contribution is 5.39. The van der Waals surface area contributed by atoms with Gasteiger partial charge in [0, 0.05) is 6.04 Å². The monoisotopic (exact) mass is 281 g/mol. The standard InChI is InChI=1S/C19H23NO/c20-19-10-4-9-16-11-12-17(14-18(16)19)21-13-5-8-15-6-2-1-3-7-15/h1-3,6-7,11-12,14,19H,4-5,8-10,13,20H2/t19-/m0/s1. The van der Waals surface area contributed by atoms with Gasteiger partial charge in [0.15, 0.2) is 0 Å². The molecule has 2 N–H and O–H groups in total. The van der Waals surface area contributed by atoms with Crippen LogP contribution in [0, 0.1) is 0 Å². The molecule has 0 amide bonds. The van der Waals surface area contributed by atoms with Gasteiger partial charge in [-0.05, 0) is 60.9 Å². The van der Waals surface area contributed by atoms with E-state index in [1.54, 1.807) is 0 Å². The lowest BCUT2D eigenvalue weighted by Gasteiger charge is -2.22. The molecule has 21 heavy (non-hydrogen) atoms. The topological polar surface area (TPSA) is 35.2 Å². The molecule has 0 aromatic heterocycles. The van der Waals surface area contributed by atoms with E-state index in [2.05, 4.69) is 48.5 Å². The number of benzene rings is 2. The second-order valence-corrected chi connectivity index (χ2v) is 5.80. The van der Waals surface area contributed by atoms with E-state index in [9.17, 15) is 0 Å². The summed E-state index contributed by atoms with van der Waals surface area (Å²) in [5.74, 6) is 0.958. The van der Waals surface area contributed by atoms with Gasteiger partial charge in [-0.25, -0.2) is 0 Å². The average Bonchev–Trinajstić information content (AvgIpc) is 2.53. The normalized spacial score (nSPS) is 17.3. The van der Waals surface area contributed by atoms with Crippen LogP contribution in [0.5, 0.6) is 5.75 Å². The van der Waals surface area contributed by atoms with Crippen molar-refractivity contribution < 1.29 is 4.74 Å². The third-order valence-electron chi connectivity index (χ3n) is 4.20. The summed E-state index contributed by atoms with van der Waals surface area (Å²) in [6, 6.07) is 17.1. The number of hydrogen-bond donors (Lipinski definition) is 1. The highest BCUT2D eigenvalue weighted by Gasteiger charge is 2.17. The fraction of sp³-hybridized carbons (Fsp3) is 0.368. The van der Waals surface area contributed by atoms with Crippen LogP contribution in [-0.2, 0) is 12.8 Å². The Balaban J connectivity index is 1.53. The van der Waals surface area contributed by atoms with Crippen LogP contribution in [0.3, 0.4) is 0 Å². The number of nitrogens with two attached hydrogens (primary N) is 1. The fourth-order valence-electron chi connectivity index (χ4n) is 3.01. The maximum atomic E-state index is 6.19. The maximum absolute atomic E-state index is 6.19. The summed E-state index contributed by atoms with van der Waals surface area (Å²) in [6.07, 6.45) is 5.53. The lowest BCUT2D eigenvalue weighted by molar-refractivity contribution is 0.310. The number of hydrogen-bond acceptors (Lipinski definition) is 2. The molecule has 1 aliphatic rings. The van der Waals surface area contributed by atoms with Gasteiger partial charge in [0.2, 0.25) is 0 Å². The highest BCUT2D eigenvalue weighted by Crippen LogP contribution is 2.30. The van der Waals surface area contributed by atoms with Crippen LogP contribution >= 0.6 is 0 Å². The van der Waals surface area contributed by atoms with Gasteiger partial charge in [0.05, 0.1) is 6.61 Å². The average molecular weight is 281 g/mol. The Kier molecular flexibility index (Phi) is 4.56. The molecule has 1 atom stereocenters. The van der Waals surface area contributed by atoms with E-state index >= 15 is 0 Å². The zero-order valence-electron chi connectivity index (χ0n) is 12.4. The van der Waals surface area contributed by atoms with Crippen molar-refractivity contribution in [1.29, 1.82) is 0 Å². The van der Waals surface area contributed by atoms with Crippen LogP contribution in [-0.4, -0.2) is 6.61 Å². The Morgan fingerprint density at radius 3 is 2.81 bits per heavy atom. The zero-order valence-corrected chi connectivity index (χ0v) is 12.4. The van der Waals surface area contributed by atoms with Crippen molar-refractivity contribution in [3.8, 4) is 5.75 Å². The molecular weight excluding hydrogens is 258 g/mol. The first kappa shape index (κ1) is 14.2. The summed E-state index contributed by atoms with van der Waals surface area (Å²) in [7, 11) is 0. The van der Waals surface area contributed by atoms with Gasteiger partial charge in [-0.15, -0.1) is 0 Å². The van der Waals surface area contributed by atoms with Crippen LogP contribution in [0.25, 0.3) is 0 Å². The van der Waals surface area contributed by atoms with E-state index < -0.39 is 0 Å². The van der Waals surface area contributed by atoms with Crippen LogP contribution in [0.4, 0.5) is 0 Å². The van der Waals surface area contributed by atoms with Crippen LogP contribution in [0.2, 0.25) is 0 Å². The van der Waals surface area contributed by atoms with Crippen molar-refractivity contribution in [2.75, 3.05) is 6.61 Å². The van der Waals surface area contributed by atoms with Crippen molar-refractivity contribution >= 4 is 0 Å². The first-order valence-corrected chi connectivity index (χ1v) is 7.88. The van der Waals surface area contributed by atoms with Crippen LogP contribution in [0.15, 0.2) is 48.5 Å². The summed E-state index contributed by atoms with van der Waals surface area (Å²) in [4.78, 5) is 0. The quantitative estimate of drug-likeness (QED) is 0.840. The van der Waals surface area contributed by atoms with Gasteiger partial charge in [0.1, 0.15) is 5.75 Å². The molecule has 0 bridgehead atoms. The highest BCUT2D eigenvalue weighted by atomic mass is 16.5. The van der Waals surface area contributed by atoms with Gasteiger partial charge in [-0.2, -0.15) is 0 Å². The first-order valence-electron chi connectivity index (χ1n) is 7.88. The van der Waals surface area contributed by atoms with E-state index in [0.29, 0.717) is 0 Å². The molecular formula is C19H23NO. The second kappa shape index (κ2) is 6.77. The van der Waals surface area contributed by atoms with Crippen molar-refractivity contribution in [2.45, 2.75) is 38.1 Å². The lowest BCUT2D eigenvalue weighted by Crippen LogP contribution is -2.17. The van der Waals surface area contributed by atoms with Gasteiger partial charge in [-0.1, -0.05) is 36.4 Å². The second-order valence-electron chi connectivity index (χ2n) is 5.80. The Morgan fingerprint density at radius 2 is 1.95 bits per heavy atom. The zero-order chi connectivity index (χ0) is 14.5. The molecule has 2 aromatic carbocycles. The molecule has 3 rings (SSSR count). The molecule has 0 aliphatic heterocycles. The molecule has 1 aliphatic carbocycles. The van der Waals surface area contributed by atoms with E-state index in [4.69, 9.17) is 10.5 Å². The molecule has 2 heteroatoms. The molecule has 0 saturated carbocycles. The summed E-state index contributed by atoms with van der Waals surface area (Å²) in [5.41, 5.74) is 10.2. The first-order chi connectivity index (χ1) is 10.3. The third kappa shape index (κ3) is 3.64. The molecule has 110 valence electrons. The van der Waals surface area contributed by atoms with Crippen molar-refractivity contribution in [2.24, 2.45) is 5.73 Å². The van der Waals surface area contributed by atoms with Gasteiger partial charge in [-0.3, -0.25) is 0 Å². The Morgan fingerprint density at radius 1 is 1.10 bits per heavy atom. The molecule has 0 saturated heterocycles. The molecule has 0 radical (unpaired) electrons. The van der Waals surface area contributed by atoms with E-state index in [1.807, 2.05) is 0 Å². The number of ether oxygens (including phenoxy) is 1. The number of aryl methyl sites for hydroxylation is 2. The minimum Gasteiger partial charge on any atom is -0.494 e. The Hall–Kier alpha value is -1.80. The smallest absolute Gasteiger partial charge is 0.119 e. The summed E-state index contributed by atoms with van der Waals surface area (Å²) < 4.78 is 5.89. The third-order valence-corrected chi connectivity index (χ3v) is 4.20. The predicted molar refractivity (Wildman–Crippen MR) is 86.6 cm³/mol. The molecule has 2 aromatic rings. The minimum absolute atomic E-state index is 0.182.